The van der Waals surface area contributed by atoms with Crippen LogP contribution in [0.25, 0.3) is 15.7 Å². The lowest BCUT2D eigenvalue weighted by Gasteiger charge is -2.35. The van der Waals surface area contributed by atoms with E-state index in [1.54, 1.807) is 26.7 Å². The van der Waals surface area contributed by atoms with Gasteiger partial charge < -0.3 is 4.90 Å². The average molecular weight is 395 g/mol. The Kier molecular flexibility index (Phi) is 4.37. The maximum atomic E-state index is 12.6. The third-order valence-electron chi connectivity index (χ3n) is 5.40. The number of hydrogen-bond acceptors (Lipinski definition) is 6. The van der Waals surface area contributed by atoms with E-state index >= 15 is 0 Å². The second-order valence-electron chi connectivity index (χ2n) is 7.23. The lowest BCUT2D eigenvalue weighted by molar-refractivity contribution is 0.246. The number of imidazole rings is 1. The molecule has 0 spiro atoms. The predicted molar refractivity (Wildman–Crippen MR) is 112 cm³/mol. The van der Waals surface area contributed by atoms with Gasteiger partial charge in [0.25, 0.3) is 0 Å². The van der Waals surface area contributed by atoms with Crippen molar-refractivity contribution in [3.05, 3.63) is 58.9 Å². The summed E-state index contributed by atoms with van der Waals surface area (Å²) in [6.07, 6.45) is 3.65. The first-order valence-electron chi connectivity index (χ1n) is 9.56. The van der Waals surface area contributed by atoms with Crippen molar-refractivity contribution in [3.63, 3.8) is 0 Å². The summed E-state index contributed by atoms with van der Waals surface area (Å²) in [5, 5.41) is 1.25. The van der Waals surface area contributed by atoms with E-state index in [1.165, 1.54) is 10.1 Å². The minimum Gasteiger partial charge on any atom is -0.353 e. The minimum absolute atomic E-state index is 0.0225. The van der Waals surface area contributed by atoms with E-state index in [9.17, 15) is 4.79 Å². The molecule has 7 nitrogen and oxygen atoms in total. The highest BCUT2D eigenvalue weighted by Crippen LogP contribution is 2.29. The summed E-state index contributed by atoms with van der Waals surface area (Å²) in [6, 6.07) is 10.3. The van der Waals surface area contributed by atoms with Crippen LogP contribution in [-0.4, -0.2) is 55.9 Å². The molecule has 0 unspecified atom stereocenters. The van der Waals surface area contributed by atoms with Gasteiger partial charge in [-0.1, -0.05) is 12.1 Å². The molecule has 5 rings (SSSR count). The molecule has 0 atom stereocenters. The molecule has 4 heterocycles. The first-order chi connectivity index (χ1) is 13.7. The molecule has 1 fully saturated rings. The van der Waals surface area contributed by atoms with Crippen molar-refractivity contribution in [1.82, 2.24) is 23.2 Å². The number of nitrogens with zero attached hydrogens (tertiary/aromatic N) is 6. The van der Waals surface area contributed by atoms with Crippen molar-refractivity contribution in [3.8, 4) is 0 Å². The Labute approximate surface area is 166 Å². The van der Waals surface area contributed by atoms with Gasteiger partial charge in [-0.25, -0.2) is 9.78 Å². The van der Waals surface area contributed by atoms with Crippen LogP contribution in [0.5, 0.6) is 0 Å². The van der Waals surface area contributed by atoms with Gasteiger partial charge in [0.15, 0.2) is 0 Å². The van der Waals surface area contributed by atoms with Crippen molar-refractivity contribution in [2.45, 2.75) is 13.5 Å². The second-order valence-corrected chi connectivity index (χ2v) is 8.04. The second kappa shape index (κ2) is 7.03. The van der Waals surface area contributed by atoms with Gasteiger partial charge in [0.1, 0.15) is 11.5 Å². The number of anilines is 1. The Bertz CT molecular complexity index is 1180. The SMILES string of the molecule is Cc1cn2c(=O)n(CCN3CCN(c4nsc5ccccc45)CC3)ccc2n1. The molecule has 28 heavy (non-hydrogen) atoms. The van der Waals surface area contributed by atoms with Crippen molar-refractivity contribution in [1.29, 1.82) is 0 Å². The number of benzene rings is 1. The van der Waals surface area contributed by atoms with E-state index in [-0.39, 0.29) is 5.69 Å². The number of fused-ring (bicyclic) bond motifs is 2. The minimum atomic E-state index is -0.0225. The number of aryl methyl sites for hydroxylation is 1. The predicted octanol–water partition coefficient (Wildman–Crippen LogP) is 2.24. The first kappa shape index (κ1) is 17.4. The molecule has 1 aromatic carbocycles. The molecular weight excluding hydrogens is 372 g/mol. The number of rotatable bonds is 4. The molecule has 8 heteroatoms. The molecule has 0 saturated carbocycles. The van der Waals surface area contributed by atoms with Crippen molar-refractivity contribution < 1.29 is 0 Å². The van der Waals surface area contributed by atoms with Crippen LogP contribution in [0.1, 0.15) is 5.69 Å². The zero-order valence-corrected chi connectivity index (χ0v) is 16.6. The molecule has 0 amide bonds. The number of aromatic nitrogens is 4. The normalized spacial score (nSPS) is 15.7. The van der Waals surface area contributed by atoms with Gasteiger partial charge >= 0.3 is 5.69 Å². The number of piperazine rings is 1. The van der Waals surface area contributed by atoms with Crippen LogP contribution in [-0.2, 0) is 6.54 Å². The third-order valence-corrected chi connectivity index (χ3v) is 6.21. The van der Waals surface area contributed by atoms with Gasteiger partial charge in [-0.2, -0.15) is 4.37 Å². The highest BCUT2D eigenvalue weighted by Gasteiger charge is 2.20. The lowest BCUT2D eigenvalue weighted by atomic mass is 10.2. The highest BCUT2D eigenvalue weighted by atomic mass is 32.1. The Morgan fingerprint density at radius 2 is 1.89 bits per heavy atom. The quantitative estimate of drug-likeness (QED) is 0.531. The number of hydrogen-bond donors (Lipinski definition) is 0. The van der Waals surface area contributed by atoms with Crippen LogP contribution >= 0.6 is 11.5 Å². The summed E-state index contributed by atoms with van der Waals surface area (Å²) in [5.41, 5.74) is 1.55. The summed E-state index contributed by atoms with van der Waals surface area (Å²) < 4.78 is 9.31. The van der Waals surface area contributed by atoms with Crippen LogP contribution in [0, 0.1) is 6.92 Å². The first-order valence-corrected chi connectivity index (χ1v) is 10.3. The zero-order valence-electron chi connectivity index (χ0n) is 15.8. The summed E-state index contributed by atoms with van der Waals surface area (Å²) in [7, 11) is 0. The van der Waals surface area contributed by atoms with Gasteiger partial charge in [0.05, 0.1) is 10.4 Å². The Morgan fingerprint density at radius 3 is 2.75 bits per heavy atom. The maximum Gasteiger partial charge on any atom is 0.333 e. The molecule has 0 bridgehead atoms. The Hall–Kier alpha value is -2.71. The van der Waals surface area contributed by atoms with Crippen molar-refractivity contribution in [2.75, 3.05) is 37.6 Å². The average Bonchev–Trinajstić information content (AvgIpc) is 3.31. The third kappa shape index (κ3) is 3.08. The highest BCUT2D eigenvalue weighted by molar-refractivity contribution is 7.13. The molecular formula is C20H22N6OS. The zero-order chi connectivity index (χ0) is 19.1. The van der Waals surface area contributed by atoms with Crippen LogP contribution in [0.2, 0.25) is 0 Å². The summed E-state index contributed by atoms with van der Waals surface area (Å²) in [6.45, 7) is 7.34. The summed E-state index contributed by atoms with van der Waals surface area (Å²) >= 11 is 1.57. The molecule has 1 aliphatic rings. The van der Waals surface area contributed by atoms with E-state index in [4.69, 9.17) is 0 Å². The molecule has 144 valence electrons. The largest absolute Gasteiger partial charge is 0.353 e. The smallest absolute Gasteiger partial charge is 0.333 e. The molecule has 3 aromatic heterocycles. The topological polar surface area (TPSA) is 58.7 Å². The van der Waals surface area contributed by atoms with E-state index in [2.05, 4.69) is 43.4 Å². The monoisotopic (exact) mass is 394 g/mol. The van der Waals surface area contributed by atoms with Gasteiger partial charge in [0.2, 0.25) is 0 Å². The summed E-state index contributed by atoms with van der Waals surface area (Å²) in [4.78, 5) is 21.7. The van der Waals surface area contributed by atoms with Crippen LogP contribution in [0.15, 0.2) is 47.5 Å². The van der Waals surface area contributed by atoms with Crippen LogP contribution in [0.4, 0.5) is 5.82 Å². The molecule has 0 aliphatic carbocycles. The standard InChI is InChI=1S/C20H22N6OS/c1-15-14-26-18(21-15)6-7-25(20(26)27)13-10-23-8-11-24(12-9-23)19-16-4-2-3-5-17(16)28-22-19/h2-7,14H,8-13H2,1H3. The van der Waals surface area contributed by atoms with Gasteiger partial charge in [-0.3, -0.25) is 13.9 Å². The molecule has 1 saturated heterocycles. The Balaban J connectivity index is 1.23. The fourth-order valence-electron chi connectivity index (χ4n) is 3.85. The van der Waals surface area contributed by atoms with E-state index < -0.39 is 0 Å². The van der Waals surface area contributed by atoms with Crippen LogP contribution < -0.4 is 10.6 Å². The molecule has 4 aromatic rings. The maximum absolute atomic E-state index is 12.6. The summed E-state index contributed by atoms with van der Waals surface area (Å²) in [5.74, 6) is 1.11. The Morgan fingerprint density at radius 1 is 1.07 bits per heavy atom. The van der Waals surface area contributed by atoms with Gasteiger partial charge in [-0.15, -0.1) is 0 Å². The van der Waals surface area contributed by atoms with Crippen molar-refractivity contribution in [2.24, 2.45) is 0 Å². The van der Waals surface area contributed by atoms with E-state index in [0.717, 1.165) is 44.2 Å². The van der Waals surface area contributed by atoms with E-state index in [1.807, 2.05) is 19.2 Å². The molecule has 0 N–H and O–H groups in total. The fraction of sp³-hybridized carbons (Fsp3) is 0.350. The van der Waals surface area contributed by atoms with Crippen LogP contribution in [0.3, 0.4) is 0 Å². The van der Waals surface area contributed by atoms with Crippen molar-refractivity contribution >= 4 is 33.1 Å². The lowest BCUT2D eigenvalue weighted by Crippen LogP contribution is -2.47. The van der Waals surface area contributed by atoms with Gasteiger partial charge in [-0.05, 0) is 36.7 Å². The fourth-order valence-corrected chi connectivity index (χ4v) is 4.64. The molecule has 1 aliphatic heterocycles. The van der Waals surface area contributed by atoms with Gasteiger partial charge in [0, 0.05) is 57.0 Å². The molecule has 0 radical (unpaired) electrons. The van der Waals surface area contributed by atoms with E-state index in [0.29, 0.717) is 12.2 Å².